The number of aliphatic hydroxyl groups is 1. The fraction of sp³-hybridized carbons (Fsp3) is 0.647. The molecule has 114 valence electrons. The first kappa shape index (κ1) is 17.0. The van der Waals surface area contributed by atoms with Crippen molar-refractivity contribution < 1.29 is 9.84 Å². The molecule has 2 atom stereocenters. The van der Waals surface area contributed by atoms with Crippen molar-refractivity contribution in [2.24, 2.45) is 11.8 Å². The molecule has 0 aliphatic rings. The van der Waals surface area contributed by atoms with Crippen LogP contribution in [-0.2, 0) is 0 Å². The second-order valence-corrected chi connectivity index (χ2v) is 6.02. The molecule has 0 radical (unpaired) electrons. The smallest absolute Gasteiger partial charge is 0.119 e. The van der Waals surface area contributed by atoms with Gasteiger partial charge in [0.15, 0.2) is 0 Å². The van der Waals surface area contributed by atoms with E-state index in [4.69, 9.17) is 9.84 Å². The van der Waals surface area contributed by atoms with Gasteiger partial charge in [0, 0.05) is 12.6 Å². The lowest BCUT2D eigenvalue weighted by atomic mass is 10.1. The van der Waals surface area contributed by atoms with Gasteiger partial charge < -0.3 is 15.2 Å². The molecular weight excluding hydrogens is 250 g/mol. The van der Waals surface area contributed by atoms with Gasteiger partial charge in [-0.2, -0.15) is 0 Å². The Morgan fingerprint density at radius 3 is 2.30 bits per heavy atom. The largest absolute Gasteiger partial charge is 0.493 e. The van der Waals surface area contributed by atoms with Gasteiger partial charge in [-0.05, 0) is 49.4 Å². The molecule has 1 rings (SSSR count). The summed E-state index contributed by atoms with van der Waals surface area (Å²) >= 11 is 0. The summed E-state index contributed by atoms with van der Waals surface area (Å²) in [6.45, 7) is 10.6. The molecule has 0 saturated heterocycles. The van der Waals surface area contributed by atoms with Crippen LogP contribution < -0.4 is 10.1 Å². The molecule has 2 N–H and O–H groups in total. The van der Waals surface area contributed by atoms with E-state index in [1.807, 2.05) is 12.1 Å². The molecule has 0 aliphatic heterocycles. The van der Waals surface area contributed by atoms with Gasteiger partial charge in [-0.25, -0.2) is 0 Å². The lowest BCUT2D eigenvalue weighted by molar-refractivity contribution is 0.258. The van der Waals surface area contributed by atoms with E-state index in [9.17, 15) is 0 Å². The van der Waals surface area contributed by atoms with Crippen LogP contribution in [0.25, 0.3) is 0 Å². The van der Waals surface area contributed by atoms with Gasteiger partial charge in [-0.1, -0.05) is 32.9 Å². The number of hydrogen-bond donors (Lipinski definition) is 2. The van der Waals surface area contributed by atoms with Crippen LogP contribution in [0.5, 0.6) is 5.75 Å². The van der Waals surface area contributed by atoms with E-state index in [1.54, 1.807) is 0 Å². The Morgan fingerprint density at radius 1 is 1.10 bits per heavy atom. The quantitative estimate of drug-likeness (QED) is 0.728. The molecule has 0 saturated carbocycles. The Morgan fingerprint density at radius 2 is 1.75 bits per heavy atom. The van der Waals surface area contributed by atoms with E-state index >= 15 is 0 Å². The summed E-state index contributed by atoms with van der Waals surface area (Å²) in [5.41, 5.74) is 1.26. The summed E-state index contributed by atoms with van der Waals surface area (Å²) in [5.74, 6) is 1.97. The summed E-state index contributed by atoms with van der Waals surface area (Å²) in [5, 5.41) is 12.4. The number of benzene rings is 1. The van der Waals surface area contributed by atoms with E-state index in [0.29, 0.717) is 17.9 Å². The third-order valence-corrected chi connectivity index (χ3v) is 3.36. The van der Waals surface area contributed by atoms with E-state index in [-0.39, 0.29) is 6.61 Å². The maximum atomic E-state index is 8.90. The lowest BCUT2D eigenvalue weighted by Gasteiger charge is -2.18. The van der Waals surface area contributed by atoms with Gasteiger partial charge in [-0.3, -0.25) is 0 Å². The van der Waals surface area contributed by atoms with Crippen LogP contribution in [0.15, 0.2) is 24.3 Å². The van der Waals surface area contributed by atoms with E-state index in [0.717, 1.165) is 25.3 Å². The number of aliphatic hydroxyl groups excluding tert-OH is 1. The average molecular weight is 279 g/mol. The average Bonchev–Trinajstić information content (AvgIpc) is 2.43. The zero-order valence-electron chi connectivity index (χ0n) is 13.2. The molecule has 0 amide bonds. The minimum atomic E-state index is 0.263. The molecule has 0 spiro atoms. The molecule has 1 aromatic carbocycles. The highest BCUT2D eigenvalue weighted by atomic mass is 16.5. The van der Waals surface area contributed by atoms with Crippen molar-refractivity contribution >= 4 is 0 Å². The normalized spacial score (nSPS) is 14.3. The second-order valence-electron chi connectivity index (χ2n) is 6.02. The maximum Gasteiger partial charge on any atom is 0.119 e. The number of rotatable bonds is 9. The second kappa shape index (κ2) is 8.98. The van der Waals surface area contributed by atoms with E-state index in [2.05, 4.69) is 45.1 Å². The molecule has 3 heteroatoms. The SMILES string of the molecule is CC(C)COc1ccc(C(C)NCC(C)CCO)cc1. The Balaban J connectivity index is 2.42. The first-order chi connectivity index (χ1) is 9.52. The Labute approximate surface area is 123 Å². The highest BCUT2D eigenvalue weighted by Gasteiger charge is 2.07. The first-order valence-electron chi connectivity index (χ1n) is 7.60. The monoisotopic (exact) mass is 279 g/mol. The summed E-state index contributed by atoms with van der Waals surface area (Å²) < 4.78 is 5.68. The van der Waals surface area contributed by atoms with E-state index < -0.39 is 0 Å². The summed E-state index contributed by atoms with van der Waals surface area (Å²) in [7, 11) is 0. The van der Waals surface area contributed by atoms with Crippen molar-refractivity contribution in [1.29, 1.82) is 0 Å². The fourth-order valence-electron chi connectivity index (χ4n) is 1.93. The standard InChI is InChI=1S/C17H29NO2/c1-13(2)12-20-17-7-5-16(6-8-17)15(4)18-11-14(3)9-10-19/h5-8,13-15,18-19H,9-12H2,1-4H3. The maximum absolute atomic E-state index is 8.90. The molecule has 0 aromatic heterocycles. The van der Waals surface area contributed by atoms with Crippen molar-refractivity contribution in [1.82, 2.24) is 5.32 Å². The molecule has 0 fully saturated rings. The van der Waals surface area contributed by atoms with Gasteiger partial charge in [0.25, 0.3) is 0 Å². The van der Waals surface area contributed by atoms with Crippen LogP contribution in [0.3, 0.4) is 0 Å². The van der Waals surface area contributed by atoms with Crippen molar-refractivity contribution in [3.05, 3.63) is 29.8 Å². The van der Waals surface area contributed by atoms with Crippen LogP contribution >= 0.6 is 0 Å². The van der Waals surface area contributed by atoms with Crippen LogP contribution in [-0.4, -0.2) is 24.9 Å². The predicted octanol–water partition coefficient (Wildman–Crippen LogP) is 3.39. The molecular formula is C17H29NO2. The molecule has 0 aliphatic carbocycles. The highest BCUT2D eigenvalue weighted by Crippen LogP contribution is 2.18. The van der Waals surface area contributed by atoms with Gasteiger partial charge in [0.1, 0.15) is 5.75 Å². The topological polar surface area (TPSA) is 41.5 Å². The number of ether oxygens (including phenoxy) is 1. The van der Waals surface area contributed by atoms with Crippen LogP contribution in [0, 0.1) is 11.8 Å². The molecule has 3 nitrogen and oxygen atoms in total. The third-order valence-electron chi connectivity index (χ3n) is 3.36. The Kier molecular flexibility index (Phi) is 7.63. The minimum absolute atomic E-state index is 0.263. The van der Waals surface area contributed by atoms with Gasteiger partial charge in [0.2, 0.25) is 0 Å². The summed E-state index contributed by atoms with van der Waals surface area (Å²) in [6, 6.07) is 8.61. The third kappa shape index (κ3) is 6.40. The predicted molar refractivity (Wildman–Crippen MR) is 84.1 cm³/mol. The van der Waals surface area contributed by atoms with Crippen molar-refractivity contribution in [3.8, 4) is 5.75 Å². The zero-order valence-corrected chi connectivity index (χ0v) is 13.2. The number of nitrogens with one attached hydrogen (secondary N) is 1. The van der Waals surface area contributed by atoms with Crippen LogP contribution in [0.1, 0.15) is 45.7 Å². The summed E-state index contributed by atoms with van der Waals surface area (Å²) in [6.07, 6.45) is 0.849. The Bertz CT molecular complexity index is 362. The molecule has 20 heavy (non-hydrogen) atoms. The van der Waals surface area contributed by atoms with Crippen LogP contribution in [0.2, 0.25) is 0 Å². The minimum Gasteiger partial charge on any atom is -0.493 e. The van der Waals surface area contributed by atoms with Gasteiger partial charge in [0.05, 0.1) is 6.61 Å². The van der Waals surface area contributed by atoms with E-state index in [1.165, 1.54) is 5.56 Å². The molecule has 2 unspecified atom stereocenters. The van der Waals surface area contributed by atoms with Crippen molar-refractivity contribution in [2.45, 2.75) is 40.2 Å². The lowest BCUT2D eigenvalue weighted by Crippen LogP contribution is -2.25. The highest BCUT2D eigenvalue weighted by molar-refractivity contribution is 5.28. The summed E-state index contributed by atoms with van der Waals surface area (Å²) in [4.78, 5) is 0. The zero-order chi connectivity index (χ0) is 15.0. The van der Waals surface area contributed by atoms with Gasteiger partial charge >= 0.3 is 0 Å². The number of hydrogen-bond acceptors (Lipinski definition) is 3. The Hall–Kier alpha value is -1.06. The first-order valence-corrected chi connectivity index (χ1v) is 7.60. The molecule has 0 bridgehead atoms. The fourth-order valence-corrected chi connectivity index (χ4v) is 1.93. The van der Waals surface area contributed by atoms with Crippen molar-refractivity contribution in [3.63, 3.8) is 0 Å². The molecule has 1 aromatic rings. The van der Waals surface area contributed by atoms with Crippen LogP contribution in [0.4, 0.5) is 0 Å². The van der Waals surface area contributed by atoms with Crippen molar-refractivity contribution in [2.75, 3.05) is 19.8 Å². The van der Waals surface area contributed by atoms with Gasteiger partial charge in [-0.15, -0.1) is 0 Å². The molecule has 0 heterocycles.